The lowest BCUT2D eigenvalue weighted by Gasteiger charge is -2.20. The molecule has 0 aromatic heterocycles. The van der Waals surface area contributed by atoms with Crippen LogP contribution in [0.3, 0.4) is 0 Å². The summed E-state index contributed by atoms with van der Waals surface area (Å²) in [6.07, 6.45) is 7.07. The van der Waals surface area contributed by atoms with Crippen LogP contribution in [0, 0.1) is 12.8 Å². The average Bonchev–Trinajstić information content (AvgIpc) is 2.33. The summed E-state index contributed by atoms with van der Waals surface area (Å²) in [4.78, 5) is 11.9. The van der Waals surface area contributed by atoms with Gasteiger partial charge < -0.3 is 5.32 Å². The van der Waals surface area contributed by atoms with E-state index < -0.39 is 0 Å². The molecule has 2 rings (SSSR count). The summed E-state index contributed by atoms with van der Waals surface area (Å²) in [5.41, 5.74) is 2.13. The summed E-state index contributed by atoms with van der Waals surface area (Å²) < 4.78 is 0. The minimum absolute atomic E-state index is 0.167. The molecule has 92 valence electrons. The zero-order chi connectivity index (χ0) is 12.1. The number of anilines is 1. The topological polar surface area (TPSA) is 29.1 Å². The Hall–Kier alpha value is -1.31. The van der Waals surface area contributed by atoms with Crippen molar-refractivity contribution in [3.63, 3.8) is 0 Å². The number of rotatable bonds is 3. The van der Waals surface area contributed by atoms with Crippen LogP contribution in [-0.4, -0.2) is 5.91 Å². The molecule has 1 fully saturated rings. The summed E-state index contributed by atoms with van der Waals surface area (Å²) in [7, 11) is 0. The van der Waals surface area contributed by atoms with E-state index in [1.165, 1.54) is 37.7 Å². The Morgan fingerprint density at radius 1 is 1.18 bits per heavy atom. The lowest BCUT2D eigenvalue weighted by Crippen LogP contribution is -2.18. The molecule has 17 heavy (non-hydrogen) atoms. The maximum atomic E-state index is 11.9. The summed E-state index contributed by atoms with van der Waals surface area (Å²) in [6, 6.07) is 7.98. The van der Waals surface area contributed by atoms with E-state index in [-0.39, 0.29) is 5.91 Å². The number of benzene rings is 1. The Bertz CT molecular complexity index is 363. The van der Waals surface area contributed by atoms with Crippen LogP contribution >= 0.6 is 0 Å². The highest BCUT2D eigenvalue weighted by Crippen LogP contribution is 2.26. The fraction of sp³-hybridized carbons (Fsp3) is 0.533. The molecule has 0 radical (unpaired) electrons. The van der Waals surface area contributed by atoms with Crippen LogP contribution in [0.2, 0.25) is 0 Å². The molecule has 0 atom stereocenters. The SMILES string of the molecule is Cc1ccc(NC(=O)CC2CCCCC2)cc1. The van der Waals surface area contributed by atoms with Crippen LogP contribution in [0.5, 0.6) is 0 Å². The quantitative estimate of drug-likeness (QED) is 0.839. The van der Waals surface area contributed by atoms with Crippen molar-refractivity contribution in [3.05, 3.63) is 29.8 Å². The largest absolute Gasteiger partial charge is 0.326 e. The van der Waals surface area contributed by atoms with Crippen LogP contribution < -0.4 is 5.32 Å². The zero-order valence-electron chi connectivity index (χ0n) is 10.5. The van der Waals surface area contributed by atoms with Crippen molar-refractivity contribution in [1.82, 2.24) is 0 Å². The van der Waals surface area contributed by atoms with E-state index in [1.54, 1.807) is 0 Å². The molecule has 0 spiro atoms. The molecule has 2 heteroatoms. The molecule has 1 saturated carbocycles. The number of carbonyl (C=O) groups is 1. The second-order valence-corrected chi connectivity index (χ2v) is 5.12. The Morgan fingerprint density at radius 2 is 1.82 bits per heavy atom. The molecule has 0 saturated heterocycles. The minimum atomic E-state index is 0.167. The van der Waals surface area contributed by atoms with Crippen molar-refractivity contribution in [2.24, 2.45) is 5.92 Å². The highest BCUT2D eigenvalue weighted by molar-refractivity contribution is 5.90. The van der Waals surface area contributed by atoms with Crippen LogP contribution in [0.4, 0.5) is 5.69 Å². The minimum Gasteiger partial charge on any atom is -0.326 e. The monoisotopic (exact) mass is 231 g/mol. The molecular formula is C15H21NO. The highest BCUT2D eigenvalue weighted by atomic mass is 16.1. The third-order valence-electron chi connectivity index (χ3n) is 3.53. The van der Waals surface area contributed by atoms with E-state index in [9.17, 15) is 4.79 Å². The molecule has 1 amide bonds. The fourth-order valence-corrected chi connectivity index (χ4v) is 2.50. The van der Waals surface area contributed by atoms with Crippen LogP contribution in [0.1, 0.15) is 44.1 Å². The Morgan fingerprint density at radius 3 is 2.47 bits per heavy atom. The molecule has 0 unspecified atom stereocenters. The molecule has 1 aromatic rings. The van der Waals surface area contributed by atoms with Crippen molar-refractivity contribution in [2.75, 3.05) is 5.32 Å². The standard InChI is InChI=1S/C15H21NO/c1-12-7-9-14(10-8-12)16-15(17)11-13-5-3-2-4-6-13/h7-10,13H,2-6,11H2,1H3,(H,16,17). The third kappa shape index (κ3) is 3.88. The molecule has 1 aliphatic rings. The van der Waals surface area contributed by atoms with Gasteiger partial charge in [-0.3, -0.25) is 4.79 Å². The van der Waals surface area contributed by atoms with Gasteiger partial charge in [-0.15, -0.1) is 0 Å². The second-order valence-electron chi connectivity index (χ2n) is 5.12. The second kappa shape index (κ2) is 5.85. The van der Waals surface area contributed by atoms with Gasteiger partial charge in [0.05, 0.1) is 0 Å². The van der Waals surface area contributed by atoms with Gasteiger partial charge in [-0.25, -0.2) is 0 Å². The first kappa shape index (κ1) is 12.2. The van der Waals surface area contributed by atoms with Crippen molar-refractivity contribution >= 4 is 11.6 Å². The Balaban J connectivity index is 1.82. The first-order valence-corrected chi connectivity index (χ1v) is 6.60. The molecule has 0 heterocycles. The lowest BCUT2D eigenvalue weighted by molar-refractivity contribution is -0.117. The number of nitrogens with one attached hydrogen (secondary N) is 1. The van der Waals surface area contributed by atoms with Crippen molar-refractivity contribution in [3.8, 4) is 0 Å². The predicted molar refractivity (Wildman–Crippen MR) is 71.0 cm³/mol. The number of amides is 1. The predicted octanol–water partition coefficient (Wildman–Crippen LogP) is 3.90. The average molecular weight is 231 g/mol. The van der Waals surface area contributed by atoms with E-state index >= 15 is 0 Å². The van der Waals surface area contributed by atoms with E-state index in [0.717, 1.165) is 5.69 Å². The maximum absolute atomic E-state index is 11.9. The summed E-state index contributed by atoms with van der Waals surface area (Å²) in [5, 5.41) is 2.98. The van der Waals surface area contributed by atoms with Gasteiger partial charge in [-0.1, -0.05) is 37.0 Å². The summed E-state index contributed by atoms with van der Waals surface area (Å²) >= 11 is 0. The van der Waals surface area contributed by atoms with Crippen molar-refractivity contribution in [1.29, 1.82) is 0 Å². The van der Waals surface area contributed by atoms with Gasteiger partial charge in [-0.05, 0) is 37.8 Å². The van der Waals surface area contributed by atoms with Gasteiger partial charge in [0, 0.05) is 12.1 Å². The number of aryl methyl sites for hydroxylation is 1. The zero-order valence-corrected chi connectivity index (χ0v) is 10.5. The molecule has 2 nitrogen and oxygen atoms in total. The Labute approximate surface area is 103 Å². The summed E-state index contributed by atoms with van der Waals surface area (Å²) in [6.45, 7) is 2.05. The van der Waals surface area contributed by atoms with Gasteiger partial charge in [0.1, 0.15) is 0 Å². The normalized spacial score (nSPS) is 16.8. The number of hydrogen-bond donors (Lipinski definition) is 1. The van der Waals surface area contributed by atoms with Crippen molar-refractivity contribution < 1.29 is 4.79 Å². The maximum Gasteiger partial charge on any atom is 0.224 e. The van der Waals surface area contributed by atoms with Crippen molar-refractivity contribution in [2.45, 2.75) is 45.4 Å². The van der Waals surface area contributed by atoms with Crippen LogP contribution in [0.25, 0.3) is 0 Å². The van der Waals surface area contributed by atoms with Crippen LogP contribution in [-0.2, 0) is 4.79 Å². The third-order valence-corrected chi connectivity index (χ3v) is 3.53. The lowest BCUT2D eigenvalue weighted by atomic mass is 9.87. The molecule has 1 aromatic carbocycles. The Kier molecular flexibility index (Phi) is 4.18. The van der Waals surface area contributed by atoms with Gasteiger partial charge in [0.15, 0.2) is 0 Å². The van der Waals surface area contributed by atoms with E-state index in [4.69, 9.17) is 0 Å². The van der Waals surface area contributed by atoms with Crippen LogP contribution in [0.15, 0.2) is 24.3 Å². The molecule has 0 bridgehead atoms. The van der Waals surface area contributed by atoms with E-state index in [0.29, 0.717) is 12.3 Å². The number of carbonyl (C=O) groups excluding carboxylic acids is 1. The molecular weight excluding hydrogens is 210 g/mol. The summed E-state index contributed by atoms with van der Waals surface area (Å²) in [5.74, 6) is 0.773. The fourth-order valence-electron chi connectivity index (χ4n) is 2.50. The highest BCUT2D eigenvalue weighted by Gasteiger charge is 2.16. The smallest absolute Gasteiger partial charge is 0.224 e. The molecule has 0 aliphatic heterocycles. The van der Waals surface area contributed by atoms with Gasteiger partial charge >= 0.3 is 0 Å². The first-order valence-electron chi connectivity index (χ1n) is 6.60. The van der Waals surface area contributed by atoms with E-state index in [1.807, 2.05) is 31.2 Å². The van der Waals surface area contributed by atoms with Gasteiger partial charge in [-0.2, -0.15) is 0 Å². The molecule has 1 aliphatic carbocycles. The van der Waals surface area contributed by atoms with Gasteiger partial charge in [0.2, 0.25) is 5.91 Å². The first-order chi connectivity index (χ1) is 8.24. The van der Waals surface area contributed by atoms with Gasteiger partial charge in [0.25, 0.3) is 0 Å². The van der Waals surface area contributed by atoms with E-state index in [2.05, 4.69) is 5.32 Å². The molecule has 1 N–H and O–H groups in total. The number of hydrogen-bond acceptors (Lipinski definition) is 1.